The molecule has 3 nitrogen and oxygen atoms in total. The first-order valence-electron chi connectivity index (χ1n) is 8.74. The minimum Gasteiger partial charge on any atom is -0.486 e. The lowest BCUT2D eigenvalue weighted by molar-refractivity contribution is 0.279. The Morgan fingerprint density at radius 2 is 1.81 bits per heavy atom. The number of rotatable bonds is 6. The second-order valence-corrected chi connectivity index (χ2v) is 6.40. The van der Waals surface area contributed by atoms with Crippen LogP contribution in [0, 0.1) is 24.4 Å². The van der Waals surface area contributed by atoms with Gasteiger partial charge in [0.25, 0.3) is 0 Å². The van der Waals surface area contributed by atoms with Crippen LogP contribution < -0.4 is 10.4 Å². The third-order valence-electron chi connectivity index (χ3n) is 4.40. The van der Waals surface area contributed by atoms with E-state index in [4.69, 9.17) is 9.15 Å². The van der Waals surface area contributed by atoms with Gasteiger partial charge in [-0.15, -0.1) is 0 Å². The van der Waals surface area contributed by atoms with Crippen LogP contribution in [0.25, 0.3) is 10.8 Å². The number of hydrogen-bond acceptors (Lipinski definition) is 3. The molecule has 0 N–H and O–H groups in total. The topological polar surface area (TPSA) is 39.4 Å². The molecule has 0 aliphatic heterocycles. The maximum Gasteiger partial charge on any atom is 0.346 e. The summed E-state index contributed by atoms with van der Waals surface area (Å²) in [7, 11) is 0. The van der Waals surface area contributed by atoms with Gasteiger partial charge in [0.05, 0.1) is 0 Å². The zero-order valence-electron chi connectivity index (χ0n) is 15.1. The van der Waals surface area contributed by atoms with Crippen LogP contribution in [0.5, 0.6) is 5.75 Å². The van der Waals surface area contributed by atoms with E-state index in [1.807, 2.05) is 6.92 Å². The number of ether oxygens (including phenoxy) is 1. The zero-order chi connectivity index (χ0) is 19.6. The van der Waals surface area contributed by atoms with Gasteiger partial charge in [-0.05, 0) is 36.4 Å². The molecule has 0 saturated heterocycles. The molecule has 0 bridgehead atoms. The summed E-state index contributed by atoms with van der Waals surface area (Å²) in [6.07, 6.45) is 2.41. The largest absolute Gasteiger partial charge is 0.486 e. The predicted octanol–water partition coefficient (Wildman–Crippen LogP) is 5.44. The van der Waals surface area contributed by atoms with Gasteiger partial charge in [0, 0.05) is 12.0 Å². The van der Waals surface area contributed by atoms with Crippen molar-refractivity contribution in [3.05, 3.63) is 75.1 Å². The molecule has 1 aromatic heterocycles. The summed E-state index contributed by atoms with van der Waals surface area (Å²) < 4.78 is 52.6. The van der Waals surface area contributed by atoms with Crippen molar-refractivity contribution in [2.45, 2.75) is 39.7 Å². The van der Waals surface area contributed by atoms with Crippen LogP contribution in [0.3, 0.4) is 0 Å². The Morgan fingerprint density at radius 1 is 1.04 bits per heavy atom. The molecule has 1 heterocycles. The number of aryl methyl sites for hydroxylation is 2. The summed E-state index contributed by atoms with van der Waals surface area (Å²) in [5, 5.41) is 0.262. The van der Waals surface area contributed by atoms with Gasteiger partial charge in [0.15, 0.2) is 11.6 Å². The Hall–Kier alpha value is -2.76. The standard InChI is InChI=1S/C21H19F3O3/c1-3-4-5-15-10-13-7-8-14(19(23)17(13)21(25)27-15)11-26-16-9-6-12(2)18(22)20(16)24/h6-10H,3-5,11H2,1-2H3. The summed E-state index contributed by atoms with van der Waals surface area (Å²) in [6, 6.07) is 7.35. The fourth-order valence-corrected chi connectivity index (χ4v) is 2.82. The Morgan fingerprint density at radius 3 is 2.56 bits per heavy atom. The molecule has 0 radical (unpaired) electrons. The van der Waals surface area contributed by atoms with Crippen LogP contribution in [0.1, 0.15) is 36.7 Å². The van der Waals surface area contributed by atoms with E-state index in [9.17, 15) is 18.0 Å². The normalized spacial score (nSPS) is 11.1. The van der Waals surface area contributed by atoms with Gasteiger partial charge in [-0.3, -0.25) is 0 Å². The Balaban J connectivity index is 1.90. The molecule has 3 rings (SSSR count). The summed E-state index contributed by atoms with van der Waals surface area (Å²) >= 11 is 0. The molecule has 0 aliphatic carbocycles. The van der Waals surface area contributed by atoms with E-state index in [-0.39, 0.29) is 28.9 Å². The summed E-state index contributed by atoms with van der Waals surface area (Å²) in [4.78, 5) is 12.2. The van der Waals surface area contributed by atoms with Gasteiger partial charge in [-0.1, -0.05) is 31.5 Å². The Labute approximate surface area is 154 Å². The molecule has 0 spiro atoms. The molecule has 3 aromatic rings. The quantitative estimate of drug-likeness (QED) is 0.575. The highest BCUT2D eigenvalue weighted by molar-refractivity contribution is 5.82. The molecule has 142 valence electrons. The van der Waals surface area contributed by atoms with Crippen LogP contribution in [0.15, 0.2) is 39.5 Å². The number of fused-ring (bicyclic) bond motifs is 1. The Bertz CT molecular complexity index is 1040. The molecule has 0 aliphatic rings. The van der Waals surface area contributed by atoms with E-state index in [2.05, 4.69) is 0 Å². The van der Waals surface area contributed by atoms with Crippen LogP contribution in [-0.4, -0.2) is 0 Å². The van der Waals surface area contributed by atoms with Crippen LogP contribution in [-0.2, 0) is 13.0 Å². The van der Waals surface area contributed by atoms with Crippen molar-refractivity contribution in [2.75, 3.05) is 0 Å². The van der Waals surface area contributed by atoms with Crippen molar-refractivity contribution in [3.63, 3.8) is 0 Å². The number of unbranched alkanes of at least 4 members (excludes halogenated alkanes) is 1. The van der Waals surface area contributed by atoms with Crippen molar-refractivity contribution in [3.8, 4) is 5.75 Å². The molecule has 0 atom stereocenters. The summed E-state index contributed by atoms with van der Waals surface area (Å²) in [6.45, 7) is 3.10. The highest BCUT2D eigenvalue weighted by atomic mass is 19.2. The SMILES string of the molecule is CCCCc1cc2ccc(COc3ccc(C)c(F)c3F)c(F)c2c(=O)o1. The number of benzene rings is 2. The van der Waals surface area contributed by atoms with Gasteiger partial charge in [0.1, 0.15) is 23.6 Å². The van der Waals surface area contributed by atoms with Crippen molar-refractivity contribution in [1.82, 2.24) is 0 Å². The molecule has 2 aromatic carbocycles. The molecule has 0 unspecified atom stereocenters. The third-order valence-corrected chi connectivity index (χ3v) is 4.40. The van der Waals surface area contributed by atoms with Crippen molar-refractivity contribution in [2.24, 2.45) is 0 Å². The number of hydrogen-bond donors (Lipinski definition) is 0. The van der Waals surface area contributed by atoms with Crippen molar-refractivity contribution in [1.29, 1.82) is 0 Å². The highest BCUT2D eigenvalue weighted by Gasteiger charge is 2.16. The molecule has 0 fully saturated rings. The molecular formula is C21H19F3O3. The van der Waals surface area contributed by atoms with Gasteiger partial charge in [-0.2, -0.15) is 4.39 Å². The fraction of sp³-hybridized carbons (Fsp3) is 0.286. The lowest BCUT2D eigenvalue weighted by Crippen LogP contribution is -2.08. The molecular weight excluding hydrogens is 357 g/mol. The molecule has 0 amide bonds. The maximum atomic E-state index is 14.8. The van der Waals surface area contributed by atoms with Crippen LogP contribution in [0.4, 0.5) is 13.2 Å². The van der Waals surface area contributed by atoms with Crippen molar-refractivity contribution >= 4 is 10.8 Å². The Kier molecular flexibility index (Phi) is 5.54. The monoisotopic (exact) mass is 376 g/mol. The van der Waals surface area contributed by atoms with Gasteiger partial charge in [-0.25, -0.2) is 13.6 Å². The van der Waals surface area contributed by atoms with E-state index in [0.29, 0.717) is 17.6 Å². The minimum absolute atomic E-state index is 0.0523. The first kappa shape index (κ1) is 19.0. The fourth-order valence-electron chi connectivity index (χ4n) is 2.82. The molecule has 0 saturated carbocycles. The third kappa shape index (κ3) is 3.84. The predicted molar refractivity (Wildman–Crippen MR) is 96.5 cm³/mol. The first-order chi connectivity index (χ1) is 12.9. The first-order valence-corrected chi connectivity index (χ1v) is 8.74. The van der Waals surface area contributed by atoms with E-state index < -0.39 is 23.1 Å². The van der Waals surface area contributed by atoms with E-state index in [0.717, 1.165) is 12.8 Å². The van der Waals surface area contributed by atoms with Crippen LogP contribution >= 0.6 is 0 Å². The van der Waals surface area contributed by atoms with E-state index >= 15 is 0 Å². The molecule has 27 heavy (non-hydrogen) atoms. The lowest BCUT2D eigenvalue weighted by Gasteiger charge is -2.11. The maximum absolute atomic E-state index is 14.8. The van der Waals surface area contributed by atoms with Gasteiger partial charge >= 0.3 is 5.63 Å². The zero-order valence-corrected chi connectivity index (χ0v) is 15.1. The van der Waals surface area contributed by atoms with E-state index in [1.165, 1.54) is 25.1 Å². The summed E-state index contributed by atoms with van der Waals surface area (Å²) in [5.74, 6) is -2.73. The number of halogens is 3. The van der Waals surface area contributed by atoms with Crippen LogP contribution in [0.2, 0.25) is 0 Å². The smallest absolute Gasteiger partial charge is 0.346 e. The second kappa shape index (κ2) is 7.86. The average molecular weight is 376 g/mol. The van der Waals surface area contributed by atoms with E-state index in [1.54, 1.807) is 12.1 Å². The average Bonchev–Trinajstić information content (AvgIpc) is 2.65. The highest BCUT2D eigenvalue weighted by Crippen LogP contribution is 2.25. The molecule has 6 heteroatoms. The van der Waals surface area contributed by atoms with Gasteiger partial charge in [0.2, 0.25) is 5.82 Å². The second-order valence-electron chi connectivity index (χ2n) is 6.40. The summed E-state index contributed by atoms with van der Waals surface area (Å²) in [5.41, 5.74) is -0.560. The minimum atomic E-state index is -1.13. The van der Waals surface area contributed by atoms with Crippen molar-refractivity contribution < 1.29 is 22.3 Å². The van der Waals surface area contributed by atoms with Gasteiger partial charge < -0.3 is 9.15 Å². The lowest BCUT2D eigenvalue weighted by atomic mass is 10.1.